The molecule has 0 spiro atoms. The first kappa shape index (κ1) is 25.4. The van der Waals surface area contributed by atoms with Crippen molar-refractivity contribution >= 4 is 28.4 Å². The zero-order valence-corrected chi connectivity index (χ0v) is 22.0. The van der Waals surface area contributed by atoms with Crippen LogP contribution in [0.2, 0.25) is 0 Å². The lowest BCUT2D eigenvalue weighted by molar-refractivity contribution is -0.385. The average Bonchev–Trinajstić information content (AvgIpc) is 3.28. The molecule has 0 bridgehead atoms. The predicted molar refractivity (Wildman–Crippen MR) is 149 cm³/mol. The molecule has 1 saturated heterocycles. The smallest absolute Gasteiger partial charge is 0.339 e. The molecular weight excluding hydrogens is 482 g/mol. The van der Waals surface area contributed by atoms with Crippen molar-refractivity contribution in [1.29, 1.82) is 0 Å². The van der Waals surface area contributed by atoms with E-state index in [4.69, 9.17) is 4.74 Å². The van der Waals surface area contributed by atoms with Gasteiger partial charge in [-0.1, -0.05) is 24.3 Å². The van der Waals surface area contributed by atoms with Gasteiger partial charge in [-0.15, -0.1) is 0 Å². The van der Waals surface area contributed by atoms with Crippen molar-refractivity contribution in [3.63, 3.8) is 0 Å². The predicted octanol–water partition coefficient (Wildman–Crippen LogP) is 5.43. The van der Waals surface area contributed by atoms with Gasteiger partial charge in [-0.25, -0.2) is 9.78 Å². The fourth-order valence-corrected chi connectivity index (χ4v) is 4.85. The van der Waals surface area contributed by atoms with Gasteiger partial charge in [0.25, 0.3) is 5.69 Å². The normalized spacial score (nSPS) is 14.3. The third-order valence-electron chi connectivity index (χ3n) is 6.95. The van der Waals surface area contributed by atoms with E-state index in [2.05, 4.69) is 51.1 Å². The summed E-state index contributed by atoms with van der Waals surface area (Å²) in [6, 6.07) is 15.3. The first-order valence-corrected chi connectivity index (χ1v) is 12.7. The van der Waals surface area contributed by atoms with Crippen molar-refractivity contribution in [2.45, 2.75) is 26.9 Å². The van der Waals surface area contributed by atoms with Gasteiger partial charge >= 0.3 is 5.97 Å². The minimum Gasteiger partial charge on any atom is -0.459 e. The summed E-state index contributed by atoms with van der Waals surface area (Å²) in [5.74, 6) is -0.463. The summed E-state index contributed by atoms with van der Waals surface area (Å²) in [6.07, 6.45) is 1.23. The number of fused-ring (bicyclic) bond motifs is 1. The van der Waals surface area contributed by atoms with Crippen molar-refractivity contribution < 1.29 is 14.5 Å². The van der Waals surface area contributed by atoms with E-state index in [0.29, 0.717) is 27.7 Å². The van der Waals surface area contributed by atoms with E-state index in [1.807, 2.05) is 6.07 Å². The summed E-state index contributed by atoms with van der Waals surface area (Å²) in [5.41, 5.74) is 5.81. The molecule has 38 heavy (non-hydrogen) atoms. The molecule has 196 valence electrons. The maximum absolute atomic E-state index is 12.7. The number of aryl methyl sites for hydroxylation is 1. The van der Waals surface area contributed by atoms with Crippen molar-refractivity contribution in [3.05, 3.63) is 76.0 Å². The number of hydrogen-bond acceptors (Lipinski definition) is 7. The van der Waals surface area contributed by atoms with Crippen molar-refractivity contribution in [2.24, 2.45) is 0 Å². The van der Waals surface area contributed by atoms with Crippen molar-refractivity contribution in [1.82, 2.24) is 14.9 Å². The highest BCUT2D eigenvalue weighted by Crippen LogP contribution is 2.40. The van der Waals surface area contributed by atoms with E-state index in [9.17, 15) is 14.9 Å². The Morgan fingerprint density at radius 1 is 1.05 bits per heavy atom. The number of ether oxygens (including phenoxy) is 1. The first-order chi connectivity index (χ1) is 18.2. The Labute approximate surface area is 221 Å². The lowest BCUT2D eigenvalue weighted by Gasteiger charge is -2.34. The highest BCUT2D eigenvalue weighted by Gasteiger charge is 2.22. The van der Waals surface area contributed by atoms with Gasteiger partial charge in [0, 0.05) is 60.6 Å². The molecule has 3 heterocycles. The highest BCUT2D eigenvalue weighted by molar-refractivity contribution is 6.05. The quantitative estimate of drug-likeness (QED) is 0.208. The van der Waals surface area contributed by atoms with Gasteiger partial charge in [-0.05, 0) is 57.1 Å². The number of aromatic nitrogens is 2. The van der Waals surface area contributed by atoms with Gasteiger partial charge in [0.1, 0.15) is 5.65 Å². The van der Waals surface area contributed by atoms with Gasteiger partial charge in [0.15, 0.2) is 0 Å². The third-order valence-corrected chi connectivity index (χ3v) is 6.95. The number of rotatable bonds is 6. The van der Waals surface area contributed by atoms with Crippen LogP contribution >= 0.6 is 0 Å². The van der Waals surface area contributed by atoms with E-state index >= 15 is 0 Å². The molecule has 1 fully saturated rings. The number of hydrogen-bond donors (Lipinski definition) is 1. The molecule has 0 unspecified atom stereocenters. The van der Waals surface area contributed by atoms with Gasteiger partial charge in [-0.2, -0.15) is 0 Å². The van der Waals surface area contributed by atoms with Crippen LogP contribution in [0.3, 0.4) is 0 Å². The number of benzene rings is 2. The number of nitrogens with one attached hydrogen (secondary N) is 1. The fraction of sp³-hybridized carbons (Fsp3) is 0.310. The Balaban J connectivity index is 1.63. The molecule has 1 aliphatic rings. The van der Waals surface area contributed by atoms with E-state index in [1.54, 1.807) is 39.0 Å². The minimum absolute atomic E-state index is 0.0385. The molecule has 0 saturated carbocycles. The Hall–Kier alpha value is -4.24. The molecule has 9 nitrogen and oxygen atoms in total. The van der Waals surface area contributed by atoms with Gasteiger partial charge in [0.2, 0.25) is 0 Å². The molecule has 1 N–H and O–H groups in total. The van der Waals surface area contributed by atoms with Crippen LogP contribution in [-0.2, 0) is 4.74 Å². The fourth-order valence-electron chi connectivity index (χ4n) is 4.85. The summed E-state index contributed by atoms with van der Waals surface area (Å²) < 4.78 is 5.38. The van der Waals surface area contributed by atoms with E-state index in [-0.39, 0.29) is 16.7 Å². The summed E-state index contributed by atoms with van der Waals surface area (Å²) >= 11 is 0. The first-order valence-electron chi connectivity index (χ1n) is 12.7. The summed E-state index contributed by atoms with van der Waals surface area (Å²) in [7, 11) is 2.13. The molecule has 2 aromatic carbocycles. The Bertz CT molecular complexity index is 1500. The van der Waals surface area contributed by atoms with E-state index in [1.165, 1.54) is 6.20 Å². The van der Waals surface area contributed by atoms with Crippen LogP contribution in [-0.4, -0.2) is 65.1 Å². The molecule has 0 atom stereocenters. The molecule has 1 aliphatic heterocycles. The number of carbonyl (C=O) groups excluding carboxylic acids is 1. The highest BCUT2D eigenvalue weighted by atomic mass is 16.6. The standard InChI is InChI=1S/C29H31N5O4/c1-18(2)38-29(35)22-15-24-26(21-6-5-19(3)25(16-21)34(36)37)27(31-28(24)30-17-22)20-7-9-23(10-8-20)33-13-11-32(4)12-14-33/h5-10,15-18H,11-14H2,1-4H3,(H,30,31). The van der Waals surface area contributed by atoms with Crippen LogP contribution in [0.5, 0.6) is 0 Å². The number of likely N-dealkylation sites (N-methyl/N-ethyl adjacent to an activating group) is 1. The molecular formula is C29H31N5O4. The number of esters is 1. The monoisotopic (exact) mass is 513 g/mol. The number of carbonyl (C=O) groups is 1. The number of pyridine rings is 1. The minimum atomic E-state index is -0.463. The number of piperazine rings is 1. The van der Waals surface area contributed by atoms with Gasteiger partial charge in [-0.3, -0.25) is 10.1 Å². The van der Waals surface area contributed by atoms with Crippen LogP contribution in [0.25, 0.3) is 33.4 Å². The third kappa shape index (κ3) is 4.97. The number of nitrogens with zero attached hydrogens (tertiary/aromatic N) is 4. The van der Waals surface area contributed by atoms with Crippen LogP contribution in [0.4, 0.5) is 11.4 Å². The molecule has 2 aromatic heterocycles. The van der Waals surface area contributed by atoms with Crippen molar-refractivity contribution in [2.75, 3.05) is 38.1 Å². The Kier molecular flexibility index (Phi) is 6.86. The SMILES string of the molecule is Cc1ccc(-c2c(-c3ccc(N4CCN(C)CC4)cc3)[nH]c3ncc(C(=O)OC(C)C)cc23)cc1[N+](=O)[O-]. The molecule has 0 radical (unpaired) electrons. The topological polar surface area (TPSA) is 105 Å². The largest absolute Gasteiger partial charge is 0.459 e. The lowest BCUT2D eigenvalue weighted by atomic mass is 9.96. The van der Waals surface area contributed by atoms with Gasteiger partial charge < -0.3 is 19.5 Å². The van der Waals surface area contributed by atoms with Crippen LogP contribution in [0.1, 0.15) is 29.8 Å². The van der Waals surface area contributed by atoms with E-state index < -0.39 is 5.97 Å². The number of nitro benzene ring substituents is 1. The second-order valence-corrected chi connectivity index (χ2v) is 10.0. The maximum Gasteiger partial charge on any atom is 0.339 e. The summed E-state index contributed by atoms with van der Waals surface area (Å²) in [5, 5.41) is 12.4. The zero-order valence-electron chi connectivity index (χ0n) is 22.0. The molecule has 0 amide bonds. The molecule has 4 aromatic rings. The molecule has 5 rings (SSSR count). The number of aromatic amines is 1. The number of H-pyrrole nitrogens is 1. The Morgan fingerprint density at radius 2 is 1.74 bits per heavy atom. The van der Waals surface area contributed by atoms with Gasteiger partial charge in [0.05, 0.1) is 22.3 Å². The Morgan fingerprint density at radius 3 is 2.39 bits per heavy atom. The zero-order chi connectivity index (χ0) is 27.0. The van der Waals surface area contributed by atoms with E-state index in [0.717, 1.165) is 48.7 Å². The second-order valence-electron chi connectivity index (χ2n) is 10.0. The number of nitro groups is 1. The summed E-state index contributed by atoms with van der Waals surface area (Å²) in [6.45, 7) is 9.29. The second kappa shape index (κ2) is 10.3. The van der Waals surface area contributed by atoms with Crippen LogP contribution in [0.15, 0.2) is 54.7 Å². The maximum atomic E-state index is 12.7. The van der Waals surface area contributed by atoms with Crippen LogP contribution < -0.4 is 4.90 Å². The lowest BCUT2D eigenvalue weighted by Crippen LogP contribution is -2.44. The number of anilines is 1. The average molecular weight is 514 g/mol. The van der Waals surface area contributed by atoms with Crippen LogP contribution in [0, 0.1) is 17.0 Å². The summed E-state index contributed by atoms with van der Waals surface area (Å²) in [4.78, 5) is 36.6. The molecule has 9 heteroatoms. The van der Waals surface area contributed by atoms with Crippen molar-refractivity contribution in [3.8, 4) is 22.4 Å². The molecule has 0 aliphatic carbocycles.